The minimum absolute atomic E-state index is 0.249. The smallest absolute Gasteiger partial charge is 0.223 e. The molecule has 0 bridgehead atoms. The van der Waals surface area contributed by atoms with Crippen molar-refractivity contribution >= 4 is 11.6 Å². The van der Waals surface area contributed by atoms with Gasteiger partial charge in [-0.25, -0.2) is 0 Å². The van der Waals surface area contributed by atoms with Crippen LogP contribution in [0, 0.1) is 5.92 Å². The molecule has 1 aromatic carbocycles. The Kier molecular flexibility index (Phi) is 6.54. The molecule has 1 aliphatic carbocycles. The zero-order chi connectivity index (χ0) is 18.5. The molecule has 144 valence electrons. The van der Waals surface area contributed by atoms with Crippen molar-refractivity contribution in [2.75, 3.05) is 58.8 Å². The lowest BCUT2D eigenvalue weighted by Crippen LogP contribution is -3.27. The van der Waals surface area contributed by atoms with Crippen LogP contribution in [0.3, 0.4) is 0 Å². The van der Waals surface area contributed by atoms with Crippen LogP contribution in [0.4, 0.5) is 5.69 Å². The van der Waals surface area contributed by atoms with E-state index in [0.29, 0.717) is 6.04 Å². The lowest BCUT2D eigenvalue weighted by molar-refractivity contribution is -1.02. The molecule has 1 saturated carbocycles. The second-order valence-corrected chi connectivity index (χ2v) is 8.38. The van der Waals surface area contributed by atoms with E-state index in [2.05, 4.69) is 55.6 Å². The molecule has 1 aliphatic heterocycles. The van der Waals surface area contributed by atoms with E-state index in [4.69, 9.17) is 0 Å². The van der Waals surface area contributed by atoms with Gasteiger partial charge in [-0.3, -0.25) is 4.79 Å². The maximum atomic E-state index is 12.5. The van der Waals surface area contributed by atoms with Gasteiger partial charge >= 0.3 is 0 Å². The minimum atomic E-state index is 0.249. The van der Waals surface area contributed by atoms with Crippen LogP contribution in [0.25, 0.3) is 0 Å². The van der Waals surface area contributed by atoms with E-state index in [1.807, 2.05) is 0 Å². The quantitative estimate of drug-likeness (QED) is 0.641. The van der Waals surface area contributed by atoms with Crippen molar-refractivity contribution in [1.82, 2.24) is 5.32 Å². The predicted octanol–water partition coefficient (Wildman–Crippen LogP) is -0.487. The Bertz CT molecular complexity index is 572. The molecule has 5 heteroatoms. The lowest BCUT2D eigenvalue weighted by atomic mass is 10.0. The van der Waals surface area contributed by atoms with Gasteiger partial charge in [-0.05, 0) is 25.0 Å². The molecular weight excluding hydrogens is 324 g/mol. The summed E-state index contributed by atoms with van der Waals surface area (Å²) in [5.74, 6) is 0.523. The third kappa shape index (κ3) is 4.77. The summed E-state index contributed by atoms with van der Waals surface area (Å²) in [6.45, 7) is 5.51. The summed E-state index contributed by atoms with van der Waals surface area (Å²) in [6.07, 6.45) is 4.55. The zero-order valence-electron chi connectivity index (χ0n) is 16.7. The maximum absolute atomic E-state index is 12.5. The molecular formula is C21H36N4O+2. The molecule has 1 atom stereocenters. The van der Waals surface area contributed by atoms with E-state index in [0.717, 1.165) is 19.4 Å². The summed E-state index contributed by atoms with van der Waals surface area (Å²) in [7, 11) is 6.42. The molecule has 0 spiro atoms. The van der Waals surface area contributed by atoms with Gasteiger partial charge in [-0.1, -0.05) is 25.0 Å². The van der Waals surface area contributed by atoms with Gasteiger partial charge in [0.05, 0.1) is 13.6 Å². The van der Waals surface area contributed by atoms with Crippen molar-refractivity contribution in [3.05, 3.63) is 29.8 Å². The van der Waals surface area contributed by atoms with Gasteiger partial charge in [0, 0.05) is 31.3 Å². The van der Waals surface area contributed by atoms with Gasteiger partial charge in [0.1, 0.15) is 32.2 Å². The second-order valence-electron chi connectivity index (χ2n) is 8.38. The topological polar surface area (TPSA) is 41.2 Å². The van der Waals surface area contributed by atoms with Crippen molar-refractivity contribution in [3.63, 3.8) is 0 Å². The maximum Gasteiger partial charge on any atom is 0.223 e. The normalized spacial score (nSPS) is 25.0. The van der Waals surface area contributed by atoms with Crippen LogP contribution in [0.2, 0.25) is 0 Å². The molecule has 26 heavy (non-hydrogen) atoms. The van der Waals surface area contributed by atoms with Crippen molar-refractivity contribution in [3.8, 4) is 0 Å². The highest BCUT2D eigenvalue weighted by molar-refractivity contribution is 5.78. The number of carbonyl (C=O) groups excluding carboxylic acids is 1. The summed E-state index contributed by atoms with van der Waals surface area (Å²) in [6, 6.07) is 9.24. The number of piperazine rings is 1. The number of hydrogen-bond acceptors (Lipinski definition) is 2. The SMILES string of the molecule is CN(C)c1ccc([C@@H](CNC(=O)C2CCCC2)[NH+]2CC[NH+](C)CC2)cc1. The lowest BCUT2D eigenvalue weighted by Gasteiger charge is -2.34. The van der Waals surface area contributed by atoms with Gasteiger partial charge in [-0.15, -0.1) is 0 Å². The number of anilines is 1. The highest BCUT2D eigenvalue weighted by Crippen LogP contribution is 2.24. The number of amides is 1. The van der Waals surface area contributed by atoms with Crippen molar-refractivity contribution < 1.29 is 14.6 Å². The molecule has 2 aliphatic rings. The van der Waals surface area contributed by atoms with Crippen LogP contribution in [0.15, 0.2) is 24.3 Å². The Morgan fingerprint density at radius 1 is 1.12 bits per heavy atom. The first kappa shape index (κ1) is 19.2. The molecule has 1 amide bonds. The molecule has 3 rings (SSSR count). The number of rotatable bonds is 6. The Morgan fingerprint density at radius 2 is 1.73 bits per heavy atom. The monoisotopic (exact) mass is 360 g/mol. The Labute approximate surface area is 158 Å². The molecule has 1 saturated heterocycles. The van der Waals surface area contributed by atoms with Gasteiger partial charge in [0.15, 0.2) is 0 Å². The van der Waals surface area contributed by atoms with Crippen molar-refractivity contribution in [1.29, 1.82) is 0 Å². The number of nitrogens with zero attached hydrogens (tertiary/aromatic N) is 1. The third-order valence-corrected chi connectivity index (χ3v) is 6.26. The molecule has 1 heterocycles. The first-order valence-corrected chi connectivity index (χ1v) is 10.3. The van der Waals surface area contributed by atoms with Gasteiger partial charge in [0.25, 0.3) is 0 Å². The first-order valence-electron chi connectivity index (χ1n) is 10.3. The fourth-order valence-corrected chi connectivity index (χ4v) is 4.38. The van der Waals surface area contributed by atoms with E-state index < -0.39 is 0 Å². The van der Waals surface area contributed by atoms with Crippen LogP contribution >= 0.6 is 0 Å². The van der Waals surface area contributed by atoms with Gasteiger partial charge in [0.2, 0.25) is 5.91 Å². The summed E-state index contributed by atoms with van der Waals surface area (Å²) >= 11 is 0. The average Bonchev–Trinajstić information content (AvgIpc) is 3.18. The summed E-state index contributed by atoms with van der Waals surface area (Å²) < 4.78 is 0. The van der Waals surface area contributed by atoms with Gasteiger partial charge in [-0.2, -0.15) is 0 Å². The van der Waals surface area contributed by atoms with Crippen LogP contribution in [0.5, 0.6) is 0 Å². The Hall–Kier alpha value is -1.59. The number of quaternary nitrogens is 2. The van der Waals surface area contributed by atoms with Crippen LogP contribution in [-0.2, 0) is 4.79 Å². The van der Waals surface area contributed by atoms with Crippen molar-refractivity contribution in [2.45, 2.75) is 31.7 Å². The van der Waals surface area contributed by atoms with E-state index in [9.17, 15) is 4.79 Å². The predicted molar refractivity (Wildman–Crippen MR) is 106 cm³/mol. The summed E-state index contributed by atoms with van der Waals surface area (Å²) in [5, 5.41) is 3.29. The molecule has 1 aromatic rings. The average molecular weight is 361 g/mol. The van der Waals surface area contributed by atoms with Crippen LogP contribution in [0.1, 0.15) is 37.3 Å². The third-order valence-electron chi connectivity index (χ3n) is 6.26. The molecule has 0 radical (unpaired) electrons. The first-order chi connectivity index (χ1) is 12.5. The highest BCUT2D eigenvalue weighted by atomic mass is 16.1. The number of likely N-dealkylation sites (N-methyl/N-ethyl adjacent to an activating group) is 1. The van der Waals surface area contributed by atoms with Crippen LogP contribution in [-0.4, -0.2) is 59.8 Å². The fraction of sp³-hybridized carbons (Fsp3) is 0.667. The Balaban J connectivity index is 1.69. The van der Waals surface area contributed by atoms with E-state index in [1.165, 1.54) is 50.3 Å². The molecule has 3 N–H and O–H groups in total. The highest BCUT2D eigenvalue weighted by Gasteiger charge is 2.31. The van der Waals surface area contributed by atoms with E-state index in [-0.39, 0.29) is 11.8 Å². The number of nitrogens with one attached hydrogen (secondary N) is 3. The number of hydrogen-bond donors (Lipinski definition) is 3. The fourth-order valence-electron chi connectivity index (χ4n) is 4.38. The molecule has 2 fully saturated rings. The number of carbonyl (C=O) groups is 1. The zero-order valence-corrected chi connectivity index (χ0v) is 16.7. The largest absolute Gasteiger partial charge is 0.378 e. The van der Waals surface area contributed by atoms with E-state index >= 15 is 0 Å². The molecule has 0 aromatic heterocycles. The minimum Gasteiger partial charge on any atom is -0.378 e. The van der Waals surface area contributed by atoms with Crippen molar-refractivity contribution in [2.24, 2.45) is 5.92 Å². The molecule has 0 unspecified atom stereocenters. The standard InChI is InChI=1S/C21H34N4O/c1-23(2)19-10-8-17(9-11-19)20(25-14-12-24(3)13-15-25)16-22-21(26)18-6-4-5-7-18/h8-11,18,20H,4-7,12-16H2,1-3H3,(H,22,26)/p+2/t20-/m1/s1. The second kappa shape index (κ2) is 8.87. The Morgan fingerprint density at radius 3 is 2.31 bits per heavy atom. The summed E-state index contributed by atoms with van der Waals surface area (Å²) in [4.78, 5) is 17.9. The van der Waals surface area contributed by atoms with Gasteiger partial charge < -0.3 is 20.0 Å². The number of benzene rings is 1. The molecule has 5 nitrogen and oxygen atoms in total. The van der Waals surface area contributed by atoms with Crippen LogP contribution < -0.4 is 20.0 Å². The van der Waals surface area contributed by atoms with E-state index in [1.54, 1.807) is 9.80 Å². The summed E-state index contributed by atoms with van der Waals surface area (Å²) in [5.41, 5.74) is 2.57.